The fourth-order valence-electron chi connectivity index (χ4n) is 2.89. The van der Waals surface area contributed by atoms with E-state index in [0.717, 1.165) is 11.3 Å². The van der Waals surface area contributed by atoms with Crippen LogP contribution in [-0.4, -0.2) is 9.55 Å². The Morgan fingerprint density at radius 1 is 1.10 bits per heavy atom. The normalized spacial score (nSPS) is 14.0. The first-order valence-electron chi connectivity index (χ1n) is 8.10. The largest absolute Gasteiger partial charge is 0.330 e. The number of imidazole rings is 1. The molecule has 0 aliphatic heterocycles. The molecule has 2 unspecified atom stereocenters. The topological polar surface area (TPSA) is 43.8 Å². The summed E-state index contributed by atoms with van der Waals surface area (Å²) in [4.78, 5) is 4.36. The van der Waals surface area contributed by atoms with Crippen molar-refractivity contribution >= 4 is 0 Å². The van der Waals surface area contributed by atoms with Crippen molar-refractivity contribution in [2.75, 3.05) is 0 Å². The van der Waals surface area contributed by atoms with Gasteiger partial charge in [-0.1, -0.05) is 63.4 Å². The molecule has 114 valence electrons. The molecule has 2 aromatic rings. The van der Waals surface area contributed by atoms with Crippen LogP contribution in [0.5, 0.6) is 0 Å². The van der Waals surface area contributed by atoms with Crippen LogP contribution in [0.15, 0.2) is 42.9 Å². The fraction of sp³-hybridized carbons (Fsp3) is 0.500. The third kappa shape index (κ3) is 3.94. The van der Waals surface area contributed by atoms with Gasteiger partial charge in [-0.15, -0.1) is 0 Å². The Hall–Kier alpha value is -1.61. The zero-order chi connectivity index (χ0) is 15.1. The molecule has 1 heterocycles. The average molecular weight is 285 g/mol. The summed E-state index contributed by atoms with van der Waals surface area (Å²) >= 11 is 0. The lowest BCUT2D eigenvalue weighted by Gasteiger charge is -2.23. The van der Waals surface area contributed by atoms with Gasteiger partial charge in [-0.05, 0) is 18.4 Å². The summed E-state index contributed by atoms with van der Waals surface area (Å²) in [6.45, 7) is 4.49. The lowest BCUT2D eigenvalue weighted by Crippen LogP contribution is -2.19. The Kier molecular flexibility index (Phi) is 6.00. The summed E-state index contributed by atoms with van der Waals surface area (Å²) in [5.74, 6) is 0. The first-order valence-corrected chi connectivity index (χ1v) is 8.10. The first-order chi connectivity index (χ1) is 10.3. The van der Waals surface area contributed by atoms with Crippen LogP contribution in [0.25, 0.3) is 0 Å². The van der Waals surface area contributed by atoms with Crippen molar-refractivity contribution in [3.63, 3.8) is 0 Å². The van der Waals surface area contributed by atoms with Crippen LogP contribution < -0.4 is 5.73 Å². The molecule has 2 rings (SSSR count). The number of aromatic nitrogens is 2. The van der Waals surface area contributed by atoms with E-state index >= 15 is 0 Å². The highest BCUT2D eigenvalue weighted by atomic mass is 15.1. The molecule has 0 fully saturated rings. The number of rotatable bonds is 8. The maximum atomic E-state index is 6.46. The second kappa shape index (κ2) is 7.99. The predicted molar refractivity (Wildman–Crippen MR) is 88.2 cm³/mol. The van der Waals surface area contributed by atoms with Crippen molar-refractivity contribution < 1.29 is 0 Å². The average Bonchev–Trinajstić information content (AvgIpc) is 3.01. The zero-order valence-corrected chi connectivity index (χ0v) is 13.2. The van der Waals surface area contributed by atoms with Crippen LogP contribution in [0.1, 0.15) is 69.3 Å². The third-order valence-corrected chi connectivity index (χ3v) is 4.08. The quantitative estimate of drug-likeness (QED) is 0.778. The van der Waals surface area contributed by atoms with E-state index in [9.17, 15) is 0 Å². The number of nitrogens with zero attached hydrogens (tertiary/aromatic N) is 2. The summed E-state index contributed by atoms with van der Waals surface area (Å²) in [7, 11) is 0. The van der Waals surface area contributed by atoms with Gasteiger partial charge in [-0.25, -0.2) is 4.98 Å². The van der Waals surface area contributed by atoms with Crippen molar-refractivity contribution in [1.82, 2.24) is 9.55 Å². The van der Waals surface area contributed by atoms with Gasteiger partial charge in [0.25, 0.3) is 0 Å². The van der Waals surface area contributed by atoms with E-state index in [0.29, 0.717) is 6.04 Å². The van der Waals surface area contributed by atoms with Gasteiger partial charge in [0.15, 0.2) is 0 Å². The molecule has 0 amide bonds. The molecule has 21 heavy (non-hydrogen) atoms. The van der Waals surface area contributed by atoms with Crippen molar-refractivity contribution in [3.05, 3.63) is 54.1 Å². The molecule has 1 aromatic heterocycles. The molecule has 0 spiro atoms. The van der Waals surface area contributed by atoms with Gasteiger partial charge >= 0.3 is 0 Å². The minimum Gasteiger partial charge on any atom is -0.330 e. The van der Waals surface area contributed by atoms with Crippen molar-refractivity contribution in [3.8, 4) is 0 Å². The van der Waals surface area contributed by atoms with Gasteiger partial charge < -0.3 is 10.3 Å². The standard InChI is InChI=1S/C18H27N3/c1-3-5-12-16(9-4-2)21-14-20-13-17(21)18(19)15-10-7-6-8-11-15/h6-8,10-11,13-14,16,18H,3-5,9,12,19H2,1-2H3. The number of hydrogen-bond donors (Lipinski definition) is 1. The molecule has 0 radical (unpaired) electrons. The van der Waals surface area contributed by atoms with E-state index in [1.165, 1.54) is 32.1 Å². The molecule has 1 aromatic carbocycles. The van der Waals surface area contributed by atoms with Gasteiger partial charge in [0.1, 0.15) is 0 Å². The van der Waals surface area contributed by atoms with Crippen LogP contribution in [-0.2, 0) is 0 Å². The fourth-order valence-corrected chi connectivity index (χ4v) is 2.89. The van der Waals surface area contributed by atoms with Crippen molar-refractivity contribution in [2.45, 2.75) is 58.0 Å². The minimum atomic E-state index is -0.102. The van der Waals surface area contributed by atoms with Gasteiger partial charge in [0.2, 0.25) is 0 Å². The highest BCUT2D eigenvalue weighted by Gasteiger charge is 2.18. The number of benzene rings is 1. The maximum Gasteiger partial charge on any atom is 0.0951 e. The van der Waals surface area contributed by atoms with Crippen molar-refractivity contribution in [2.24, 2.45) is 5.73 Å². The smallest absolute Gasteiger partial charge is 0.0951 e. The van der Waals surface area contributed by atoms with Crippen LogP contribution in [0.2, 0.25) is 0 Å². The summed E-state index contributed by atoms with van der Waals surface area (Å²) in [6, 6.07) is 10.7. The monoisotopic (exact) mass is 285 g/mol. The van der Waals surface area contributed by atoms with Crippen LogP contribution in [0.4, 0.5) is 0 Å². The summed E-state index contributed by atoms with van der Waals surface area (Å²) in [5, 5.41) is 0. The number of nitrogens with two attached hydrogens (primary N) is 1. The van der Waals surface area contributed by atoms with E-state index in [2.05, 4.69) is 35.5 Å². The summed E-state index contributed by atoms with van der Waals surface area (Å²) in [5.41, 5.74) is 8.73. The molecule has 2 atom stereocenters. The van der Waals surface area contributed by atoms with Crippen LogP contribution in [0, 0.1) is 0 Å². The van der Waals surface area contributed by atoms with E-state index in [1.54, 1.807) is 0 Å². The molecule has 0 saturated heterocycles. The number of unbranched alkanes of at least 4 members (excludes halogenated alkanes) is 1. The molecular formula is C18H27N3. The van der Waals surface area contributed by atoms with Gasteiger partial charge in [-0.3, -0.25) is 0 Å². The molecule has 3 nitrogen and oxygen atoms in total. The van der Waals surface area contributed by atoms with Crippen LogP contribution in [0.3, 0.4) is 0 Å². The summed E-state index contributed by atoms with van der Waals surface area (Å²) in [6.07, 6.45) is 9.94. The van der Waals surface area contributed by atoms with Crippen LogP contribution >= 0.6 is 0 Å². The molecular weight excluding hydrogens is 258 g/mol. The Morgan fingerprint density at radius 3 is 2.52 bits per heavy atom. The zero-order valence-electron chi connectivity index (χ0n) is 13.2. The van der Waals surface area contributed by atoms with Gasteiger partial charge in [0.05, 0.1) is 24.3 Å². The Bertz CT molecular complexity index is 518. The van der Waals surface area contributed by atoms with E-state index in [1.807, 2.05) is 30.7 Å². The maximum absolute atomic E-state index is 6.46. The predicted octanol–water partition coefficient (Wildman–Crippen LogP) is 4.46. The molecule has 0 aliphatic rings. The molecule has 3 heteroatoms. The number of hydrogen-bond acceptors (Lipinski definition) is 2. The Labute approximate surface area is 128 Å². The molecule has 0 aliphatic carbocycles. The lowest BCUT2D eigenvalue weighted by molar-refractivity contribution is 0.403. The Balaban J connectivity index is 2.23. The highest BCUT2D eigenvalue weighted by molar-refractivity contribution is 5.26. The third-order valence-electron chi connectivity index (χ3n) is 4.08. The van der Waals surface area contributed by atoms with Crippen molar-refractivity contribution in [1.29, 1.82) is 0 Å². The van der Waals surface area contributed by atoms with E-state index in [-0.39, 0.29) is 6.04 Å². The van der Waals surface area contributed by atoms with Gasteiger partial charge in [0, 0.05) is 6.04 Å². The first kappa shape index (κ1) is 15.8. The second-order valence-corrected chi connectivity index (χ2v) is 5.70. The Morgan fingerprint density at radius 2 is 1.86 bits per heavy atom. The highest BCUT2D eigenvalue weighted by Crippen LogP contribution is 2.27. The van der Waals surface area contributed by atoms with Gasteiger partial charge in [-0.2, -0.15) is 0 Å². The SMILES string of the molecule is CCCCC(CCC)n1cncc1C(N)c1ccccc1. The van der Waals surface area contributed by atoms with E-state index < -0.39 is 0 Å². The molecule has 0 bridgehead atoms. The van der Waals surface area contributed by atoms with E-state index in [4.69, 9.17) is 5.73 Å². The molecule has 2 N–H and O–H groups in total. The molecule has 0 saturated carbocycles. The minimum absolute atomic E-state index is 0.102. The second-order valence-electron chi connectivity index (χ2n) is 5.70. The summed E-state index contributed by atoms with van der Waals surface area (Å²) < 4.78 is 2.30. The lowest BCUT2D eigenvalue weighted by atomic mass is 10.0.